The number of hydrogen-bond acceptors (Lipinski definition) is 5. The number of halogens is 2. The summed E-state index contributed by atoms with van der Waals surface area (Å²) in [6.07, 6.45) is 4.75. The third-order valence-corrected chi connectivity index (χ3v) is 6.62. The van der Waals surface area contributed by atoms with Gasteiger partial charge in [0.1, 0.15) is 6.04 Å². The molecule has 4 rings (SSSR count). The largest absolute Gasteiger partial charge is 0.341 e. The summed E-state index contributed by atoms with van der Waals surface area (Å²) < 4.78 is 30.3. The third kappa shape index (κ3) is 3.64. The molecule has 1 saturated carbocycles. The first-order valence-electron chi connectivity index (χ1n) is 9.68. The van der Waals surface area contributed by atoms with Crippen molar-refractivity contribution in [1.29, 1.82) is 0 Å². The van der Waals surface area contributed by atoms with Gasteiger partial charge in [0.25, 0.3) is 11.8 Å². The first-order chi connectivity index (χ1) is 13.8. The van der Waals surface area contributed by atoms with Crippen LogP contribution < -0.4 is 11.1 Å². The van der Waals surface area contributed by atoms with E-state index in [1.165, 1.54) is 11.3 Å². The molecular weight excluding hydrogens is 396 g/mol. The van der Waals surface area contributed by atoms with Gasteiger partial charge in [0.05, 0.1) is 23.0 Å². The van der Waals surface area contributed by atoms with Crippen molar-refractivity contribution < 1.29 is 13.6 Å². The molecular formula is C20H23F2N5OS. The lowest BCUT2D eigenvalue weighted by Crippen LogP contribution is -2.59. The molecule has 0 radical (unpaired) electrons. The second kappa shape index (κ2) is 7.46. The number of nitrogens with two attached hydrogens (primary N) is 1. The summed E-state index contributed by atoms with van der Waals surface area (Å²) in [5.74, 6) is -3.51. The van der Waals surface area contributed by atoms with Gasteiger partial charge in [-0.3, -0.25) is 4.79 Å². The molecule has 3 heterocycles. The van der Waals surface area contributed by atoms with E-state index < -0.39 is 23.9 Å². The quantitative estimate of drug-likeness (QED) is 0.677. The van der Waals surface area contributed by atoms with E-state index in [1.807, 2.05) is 19.9 Å². The molecule has 2 atom stereocenters. The van der Waals surface area contributed by atoms with Crippen LogP contribution in [0.15, 0.2) is 24.5 Å². The monoisotopic (exact) mass is 419 g/mol. The number of thiophene rings is 1. The van der Waals surface area contributed by atoms with E-state index in [2.05, 4.69) is 15.4 Å². The fourth-order valence-corrected chi connectivity index (χ4v) is 4.82. The van der Waals surface area contributed by atoms with Crippen molar-refractivity contribution in [2.45, 2.75) is 57.5 Å². The summed E-state index contributed by atoms with van der Waals surface area (Å²) in [6.45, 7) is 3.93. The van der Waals surface area contributed by atoms with Crippen LogP contribution in [0, 0.1) is 6.92 Å². The molecule has 0 bridgehead atoms. The van der Waals surface area contributed by atoms with Gasteiger partial charge in [0.2, 0.25) is 0 Å². The lowest BCUT2D eigenvalue weighted by Gasteiger charge is -2.36. The number of imidazole rings is 1. The number of alkyl halides is 2. The van der Waals surface area contributed by atoms with E-state index in [4.69, 9.17) is 5.73 Å². The van der Waals surface area contributed by atoms with Crippen LogP contribution in [0.1, 0.15) is 46.3 Å². The molecule has 29 heavy (non-hydrogen) atoms. The van der Waals surface area contributed by atoms with Crippen LogP contribution in [0.3, 0.4) is 0 Å². The Morgan fingerprint density at radius 1 is 1.41 bits per heavy atom. The Bertz CT molecular complexity index is 1060. The van der Waals surface area contributed by atoms with Gasteiger partial charge < -0.3 is 11.1 Å². The van der Waals surface area contributed by atoms with Crippen molar-refractivity contribution in [2.24, 2.45) is 5.73 Å². The molecule has 1 aliphatic carbocycles. The molecule has 0 aliphatic heterocycles. The zero-order valence-electron chi connectivity index (χ0n) is 16.3. The summed E-state index contributed by atoms with van der Waals surface area (Å²) >= 11 is 1.30. The van der Waals surface area contributed by atoms with E-state index in [-0.39, 0.29) is 6.42 Å². The molecule has 1 aliphatic rings. The first-order valence-corrected chi connectivity index (χ1v) is 10.5. The zero-order valence-corrected chi connectivity index (χ0v) is 17.1. The summed E-state index contributed by atoms with van der Waals surface area (Å²) in [4.78, 5) is 18.5. The highest BCUT2D eigenvalue weighted by atomic mass is 32.1. The van der Waals surface area contributed by atoms with Crippen LogP contribution >= 0.6 is 11.3 Å². The van der Waals surface area contributed by atoms with Crippen LogP contribution in [0.5, 0.6) is 0 Å². The molecule has 1 amide bonds. The van der Waals surface area contributed by atoms with Gasteiger partial charge in [0.15, 0.2) is 5.65 Å². The van der Waals surface area contributed by atoms with Crippen LogP contribution in [0.25, 0.3) is 16.9 Å². The molecule has 3 N–H and O–H groups in total. The van der Waals surface area contributed by atoms with Gasteiger partial charge in [-0.2, -0.15) is 5.10 Å². The van der Waals surface area contributed by atoms with Gasteiger partial charge in [-0.25, -0.2) is 18.3 Å². The van der Waals surface area contributed by atoms with Gasteiger partial charge in [-0.1, -0.05) is 6.92 Å². The lowest BCUT2D eigenvalue weighted by atomic mass is 9.87. The van der Waals surface area contributed by atoms with Crippen molar-refractivity contribution in [3.63, 3.8) is 0 Å². The fraction of sp³-hybridized carbons (Fsp3) is 0.450. The van der Waals surface area contributed by atoms with E-state index in [0.29, 0.717) is 29.8 Å². The first kappa shape index (κ1) is 19.9. The molecule has 6 nitrogen and oxygen atoms in total. The maximum Gasteiger partial charge on any atom is 0.269 e. The Hall–Kier alpha value is -2.39. The van der Waals surface area contributed by atoms with Crippen LogP contribution in [-0.2, 0) is 6.42 Å². The molecule has 1 unspecified atom stereocenters. The Kier molecular flexibility index (Phi) is 5.12. The fourth-order valence-electron chi connectivity index (χ4n) is 3.81. The standard InChI is InChI=1S/C20H23F2N5OS/c1-3-15-12(14-10-24-17-7-11(2)9-25-27(14)17)8-16(29-15)19(28)26-18-13(23)5-4-6-20(18,21)22/h7-10,13,18H,3-6,23H2,1-2H3,(H,26,28)/t13-,18?/m1/s1. The number of rotatable bonds is 4. The predicted molar refractivity (Wildman–Crippen MR) is 108 cm³/mol. The zero-order chi connectivity index (χ0) is 20.8. The highest BCUT2D eigenvalue weighted by Gasteiger charge is 2.46. The summed E-state index contributed by atoms with van der Waals surface area (Å²) in [7, 11) is 0. The Morgan fingerprint density at radius 3 is 2.93 bits per heavy atom. The normalized spacial score (nSPS) is 21.4. The number of carbonyl (C=O) groups excluding carboxylic acids is 1. The van der Waals surface area contributed by atoms with Crippen LogP contribution in [0.2, 0.25) is 0 Å². The van der Waals surface area contributed by atoms with Crippen LogP contribution in [0.4, 0.5) is 8.78 Å². The van der Waals surface area contributed by atoms with Crippen molar-refractivity contribution >= 4 is 22.9 Å². The predicted octanol–water partition coefficient (Wildman–Crippen LogP) is 3.57. The van der Waals surface area contributed by atoms with E-state index in [1.54, 1.807) is 23.0 Å². The number of aryl methyl sites for hydroxylation is 2. The van der Waals surface area contributed by atoms with Gasteiger partial charge in [-0.05, 0) is 43.9 Å². The topological polar surface area (TPSA) is 85.3 Å². The number of fused-ring (bicyclic) bond motifs is 1. The molecule has 154 valence electrons. The van der Waals surface area contributed by atoms with Crippen molar-refractivity contribution in [3.8, 4) is 11.3 Å². The van der Waals surface area contributed by atoms with E-state index in [9.17, 15) is 13.6 Å². The van der Waals surface area contributed by atoms with Crippen molar-refractivity contribution in [1.82, 2.24) is 19.9 Å². The highest BCUT2D eigenvalue weighted by Crippen LogP contribution is 2.35. The van der Waals surface area contributed by atoms with Gasteiger partial charge in [0, 0.05) is 22.9 Å². The molecule has 3 aromatic rings. The summed E-state index contributed by atoms with van der Waals surface area (Å²) in [6, 6.07) is 1.56. The number of carbonyl (C=O) groups is 1. The van der Waals surface area contributed by atoms with Gasteiger partial charge in [-0.15, -0.1) is 11.3 Å². The molecule has 0 saturated heterocycles. The summed E-state index contributed by atoms with van der Waals surface area (Å²) in [5.41, 5.74) is 9.21. The van der Waals surface area contributed by atoms with Crippen LogP contribution in [-0.4, -0.2) is 38.5 Å². The van der Waals surface area contributed by atoms with E-state index in [0.717, 1.165) is 21.7 Å². The Balaban J connectivity index is 1.66. The number of nitrogens with zero attached hydrogens (tertiary/aromatic N) is 3. The van der Waals surface area contributed by atoms with E-state index >= 15 is 0 Å². The molecule has 9 heteroatoms. The third-order valence-electron chi connectivity index (χ3n) is 5.35. The molecule has 1 fully saturated rings. The van der Waals surface area contributed by atoms with Gasteiger partial charge >= 0.3 is 0 Å². The average molecular weight is 420 g/mol. The van der Waals surface area contributed by atoms with Crippen molar-refractivity contribution in [3.05, 3.63) is 39.8 Å². The minimum atomic E-state index is -3.00. The second-order valence-electron chi connectivity index (χ2n) is 7.52. The second-order valence-corrected chi connectivity index (χ2v) is 8.65. The SMILES string of the molecule is CCc1sc(C(=O)NC2[C@H](N)CCCC2(F)F)cc1-c1cnc2cc(C)cnn12. The van der Waals surface area contributed by atoms with Crippen molar-refractivity contribution in [2.75, 3.05) is 0 Å². The minimum absolute atomic E-state index is 0.256. The Labute approximate surface area is 171 Å². The maximum atomic E-state index is 14.3. The molecule has 0 aromatic carbocycles. The molecule has 3 aromatic heterocycles. The number of aromatic nitrogens is 3. The maximum absolute atomic E-state index is 14.3. The summed E-state index contributed by atoms with van der Waals surface area (Å²) in [5, 5.41) is 6.90. The average Bonchev–Trinajstić information content (AvgIpc) is 3.27. The number of amides is 1. The number of hydrogen-bond donors (Lipinski definition) is 2. The minimum Gasteiger partial charge on any atom is -0.341 e. The lowest BCUT2D eigenvalue weighted by molar-refractivity contribution is -0.0674. The highest BCUT2D eigenvalue weighted by molar-refractivity contribution is 7.14. The number of nitrogens with one attached hydrogen (secondary N) is 1. The smallest absolute Gasteiger partial charge is 0.269 e. The molecule has 0 spiro atoms. The Morgan fingerprint density at radius 2 is 2.21 bits per heavy atom.